The van der Waals surface area contributed by atoms with Gasteiger partial charge in [-0.3, -0.25) is 15.5 Å². The van der Waals surface area contributed by atoms with Crippen LogP contribution >= 0.6 is 0 Å². The molecule has 8 nitrogen and oxygen atoms in total. The van der Waals surface area contributed by atoms with Crippen molar-refractivity contribution in [2.75, 3.05) is 17.4 Å². The zero-order valence-electron chi connectivity index (χ0n) is 11.2. The number of nitrogen functional groups attached to an aromatic ring is 1. The van der Waals surface area contributed by atoms with Gasteiger partial charge in [-0.15, -0.1) is 0 Å². The molecule has 2 rings (SSSR count). The van der Waals surface area contributed by atoms with Crippen LogP contribution in [0.25, 0.3) is 0 Å². The maximum Gasteiger partial charge on any atom is 0.329 e. The first-order valence-electron chi connectivity index (χ1n) is 5.95. The fourth-order valence-corrected chi connectivity index (χ4v) is 1.83. The molecule has 0 aliphatic rings. The molecule has 1 heterocycles. The molecule has 0 unspecified atom stereocenters. The van der Waals surface area contributed by atoms with Crippen molar-refractivity contribution < 1.29 is 9.31 Å². The van der Waals surface area contributed by atoms with E-state index in [9.17, 15) is 14.5 Å². The van der Waals surface area contributed by atoms with Crippen LogP contribution in [0.2, 0.25) is 0 Å². The fourth-order valence-electron chi connectivity index (χ4n) is 1.83. The van der Waals surface area contributed by atoms with E-state index in [-0.39, 0.29) is 29.8 Å². The molecule has 0 spiro atoms. The van der Waals surface area contributed by atoms with Crippen molar-refractivity contribution >= 4 is 17.5 Å². The van der Waals surface area contributed by atoms with E-state index in [1.165, 1.54) is 17.0 Å². The van der Waals surface area contributed by atoms with Gasteiger partial charge in [-0.1, -0.05) is 12.1 Å². The molecule has 3 N–H and O–H groups in total. The fraction of sp³-hybridized carbons (Fsp3) is 0.167. The molecule has 2 aromatic rings. The van der Waals surface area contributed by atoms with Gasteiger partial charge in [0.25, 0.3) is 0 Å². The van der Waals surface area contributed by atoms with Gasteiger partial charge in [0.2, 0.25) is 11.8 Å². The second-order valence-corrected chi connectivity index (χ2v) is 4.29. The third-order valence-corrected chi connectivity index (χ3v) is 2.75. The minimum Gasteiger partial charge on any atom is -0.349 e. The topological polar surface area (TPSA) is 110 Å². The number of anilines is 2. The molecule has 0 saturated heterocycles. The number of aromatic nitrogens is 2. The smallest absolute Gasteiger partial charge is 0.329 e. The second-order valence-electron chi connectivity index (χ2n) is 4.29. The summed E-state index contributed by atoms with van der Waals surface area (Å²) in [5, 5.41) is 11.0. The minimum atomic E-state index is -0.586. The zero-order chi connectivity index (χ0) is 15.4. The van der Waals surface area contributed by atoms with Crippen molar-refractivity contribution in [1.29, 1.82) is 0 Å². The Hall–Kier alpha value is -2.81. The summed E-state index contributed by atoms with van der Waals surface area (Å²) in [6.45, 7) is 0.250. The molecule has 0 saturated carbocycles. The predicted octanol–water partition coefficient (Wildman–Crippen LogP) is 1.45. The van der Waals surface area contributed by atoms with Crippen molar-refractivity contribution in [2.45, 2.75) is 6.54 Å². The molecule has 0 radical (unpaired) electrons. The lowest BCUT2D eigenvalue weighted by molar-refractivity contribution is -0.384. The first-order chi connectivity index (χ1) is 10.0. The zero-order valence-corrected chi connectivity index (χ0v) is 11.2. The van der Waals surface area contributed by atoms with Crippen LogP contribution in [-0.4, -0.2) is 21.9 Å². The maximum atomic E-state index is 13.2. The van der Waals surface area contributed by atoms with Crippen LogP contribution in [0.5, 0.6) is 0 Å². The minimum absolute atomic E-state index is 0.0571. The van der Waals surface area contributed by atoms with E-state index in [1.807, 2.05) is 0 Å². The summed E-state index contributed by atoms with van der Waals surface area (Å²) in [6, 6.07) is 5.97. The lowest BCUT2D eigenvalue weighted by Crippen LogP contribution is -2.21. The van der Waals surface area contributed by atoms with Crippen molar-refractivity contribution in [3.8, 4) is 0 Å². The van der Waals surface area contributed by atoms with Gasteiger partial charge in [-0.25, -0.2) is 15.2 Å². The highest BCUT2D eigenvalue weighted by molar-refractivity contribution is 5.58. The van der Waals surface area contributed by atoms with Gasteiger partial charge in [0.1, 0.15) is 12.0 Å². The number of rotatable bonds is 5. The van der Waals surface area contributed by atoms with E-state index in [2.05, 4.69) is 15.4 Å². The Balaban J connectivity index is 2.33. The Morgan fingerprint density at radius 2 is 2.29 bits per heavy atom. The van der Waals surface area contributed by atoms with E-state index in [0.29, 0.717) is 5.56 Å². The van der Waals surface area contributed by atoms with Gasteiger partial charge in [0.05, 0.1) is 4.92 Å². The molecule has 1 aromatic heterocycles. The molecule has 9 heteroatoms. The highest BCUT2D eigenvalue weighted by Crippen LogP contribution is 2.26. The van der Waals surface area contributed by atoms with E-state index >= 15 is 0 Å². The van der Waals surface area contributed by atoms with Crippen molar-refractivity contribution in [3.63, 3.8) is 0 Å². The van der Waals surface area contributed by atoms with Crippen LogP contribution in [0.15, 0.2) is 30.5 Å². The second kappa shape index (κ2) is 6.09. The standard InChI is InChI=1S/C12H13FN6O2/c1-18(7-8-3-2-4-9(13)5-8)11-10(19(20)21)6-15-12(16-11)17-14/h2-6H,7,14H2,1H3,(H,15,16,17). The van der Waals surface area contributed by atoms with Crippen LogP contribution < -0.4 is 16.2 Å². The summed E-state index contributed by atoms with van der Waals surface area (Å²) in [5.74, 6) is 4.98. The highest BCUT2D eigenvalue weighted by atomic mass is 19.1. The van der Waals surface area contributed by atoms with Crippen molar-refractivity contribution in [3.05, 3.63) is 52.0 Å². The van der Waals surface area contributed by atoms with Crippen molar-refractivity contribution in [2.24, 2.45) is 5.84 Å². The lowest BCUT2D eigenvalue weighted by Gasteiger charge is -2.18. The van der Waals surface area contributed by atoms with Gasteiger partial charge < -0.3 is 4.90 Å². The Morgan fingerprint density at radius 3 is 2.90 bits per heavy atom. The largest absolute Gasteiger partial charge is 0.349 e. The Bertz CT molecular complexity index is 666. The predicted molar refractivity (Wildman–Crippen MR) is 75.0 cm³/mol. The average Bonchev–Trinajstić information content (AvgIpc) is 2.46. The number of benzene rings is 1. The molecular formula is C12H13FN6O2. The van der Waals surface area contributed by atoms with Gasteiger partial charge in [0.15, 0.2) is 0 Å². The molecule has 0 amide bonds. The first-order valence-corrected chi connectivity index (χ1v) is 5.95. The molecule has 0 aliphatic carbocycles. The number of hydrazine groups is 1. The number of hydrogen-bond donors (Lipinski definition) is 2. The molecule has 0 atom stereocenters. The summed E-state index contributed by atoms with van der Waals surface area (Å²) >= 11 is 0. The molecule has 0 bridgehead atoms. The number of nitrogens with one attached hydrogen (secondary N) is 1. The van der Waals surface area contributed by atoms with Gasteiger partial charge >= 0.3 is 5.69 Å². The van der Waals surface area contributed by atoms with E-state index in [1.54, 1.807) is 19.2 Å². The number of nitrogens with two attached hydrogens (primary N) is 1. The molecule has 110 valence electrons. The summed E-state index contributed by atoms with van der Waals surface area (Å²) in [7, 11) is 1.61. The molecular weight excluding hydrogens is 279 g/mol. The Labute approximate surface area is 119 Å². The van der Waals surface area contributed by atoms with E-state index < -0.39 is 4.92 Å². The third kappa shape index (κ3) is 3.39. The molecule has 1 aromatic carbocycles. The summed E-state index contributed by atoms with van der Waals surface area (Å²) in [5.41, 5.74) is 2.63. The number of halogens is 1. The van der Waals surface area contributed by atoms with Crippen LogP contribution in [0.3, 0.4) is 0 Å². The molecule has 0 fully saturated rings. The lowest BCUT2D eigenvalue weighted by atomic mass is 10.2. The number of nitro groups is 1. The molecule has 21 heavy (non-hydrogen) atoms. The third-order valence-electron chi connectivity index (χ3n) is 2.75. The SMILES string of the molecule is CN(Cc1cccc(F)c1)c1nc(NN)ncc1[N+](=O)[O-]. The first kappa shape index (κ1) is 14.6. The number of hydrogen-bond acceptors (Lipinski definition) is 7. The van der Waals surface area contributed by atoms with E-state index in [0.717, 1.165) is 6.20 Å². The highest BCUT2D eigenvalue weighted by Gasteiger charge is 2.20. The van der Waals surface area contributed by atoms with Gasteiger partial charge in [0, 0.05) is 13.6 Å². The van der Waals surface area contributed by atoms with Crippen LogP contribution in [0, 0.1) is 15.9 Å². The summed E-state index contributed by atoms with van der Waals surface area (Å²) in [4.78, 5) is 19.6. The van der Waals surface area contributed by atoms with Crippen molar-refractivity contribution in [1.82, 2.24) is 9.97 Å². The Morgan fingerprint density at radius 1 is 1.52 bits per heavy atom. The Kier molecular flexibility index (Phi) is 4.24. The molecule has 0 aliphatic heterocycles. The summed E-state index contributed by atoms with van der Waals surface area (Å²) in [6.07, 6.45) is 1.07. The summed E-state index contributed by atoms with van der Waals surface area (Å²) < 4.78 is 13.2. The van der Waals surface area contributed by atoms with Crippen LogP contribution in [0.4, 0.5) is 21.8 Å². The van der Waals surface area contributed by atoms with Gasteiger partial charge in [-0.2, -0.15) is 4.98 Å². The van der Waals surface area contributed by atoms with E-state index in [4.69, 9.17) is 5.84 Å². The maximum absolute atomic E-state index is 13.2. The normalized spacial score (nSPS) is 10.2. The van der Waals surface area contributed by atoms with Gasteiger partial charge in [-0.05, 0) is 17.7 Å². The number of nitrogens with zero attached hydrogens (tertiary/aromatic N) is 4. The quantitative estimate of drug-likeness (QED) is 0.487. The van der Waals surface area contributed by atoms with Crippen LogP contribution in [0.1, 0.15) is 5.56 Å². The van der Waals surface area contributed by atoms with Crippen LogP contribution in [-0.2, 0) is 6.54 Å². The average molecular weight is 292 g/mol. The monoisotopic (exact) mass is 292 g/mol.